The summed E-state index contributed by atoms with van der Waals surface area (Å²) in [4.78, 5) is 0. The molecule has 0 aliphatic heterocycles. The zero-order valence-electron chi connectivity index (χ0n) is 21.9. The molecule has 33 heavy (non-hydrogen) atoms. The van der Waals surface area contributed by atoms with Crippen molar-refractivity contribution in [2.75, 3.05) is 0 Å². The van der Waals surface area contributed by atoms with Gasteiger partial charge < -0.3 is 20.4 Å². The van der Waals surface area contributed by atoms with Gasteiger partial charge in [-0.2, -0.15) is 0 Å². The zero-order chi connectivity index (χ0) is 24.5. The molecule has 4 aliphatic rings. The minimum atomic E-state index is -0.886. The second-order valence-corrected chi connectivity index (χ2v) is 14.0. The van der Waals surface area contributed by atoms with Gasteiger partial charge in [0.2, 0.25) is 0 Å². The Kier molecular flexibility index (Phi) is 6.69. The Morgan fingerprint density at radius 2 is 1.55 bits per heavy atom. The molecule has 0 bridgehead atoms. The van der Waals surface area contributed by atoms with Crippen molar-refractivity contribution in [1.29, 1.82) is 0 Å². The fourth-order valence-electron chi connectivity index (χ4n) is 9.35. The van der Waals surface area contributed by atoms with Gasteiger partial charge in [-0.05, 0) is 109 Å². The van der Waals surface area contributed by atoms with Crippen LogP contribution in [0.4, 0.5) is 0 Å². The second-order valence-electron chi connectivity index (χ2n) is 14.0. The van der Waals surface area contributed by atoms with Crippen molar-refractivity contribution in [3.63, 3.8) is 0 Å². The first-order valence-corrected chi connectivity index (χ1v) is 13.6. The van der Waals surface area contributed by atoms with Crippen LogP contribution < -0.4 is 0 Å². The molecular weight excluding hydrogens is 412 g/mol. The molecule has 12 atom stereocenters. The summed E-state index contributed by atoms with van der Waals surface area (Å²) in [6.45, 7) is 17.3. The van der Waals surface area contributed by atoms with Crippen LogP contribution in [0.2, 0.25) is 0 Å². The fraction of sp³-hybridized carbons (Fsp3) is 0.931. The van der Waals surface area contributed by atoms with Crippen LogP contribution in [-0.4, -0.2) is 44.8 Å². The Bertz CT molecular complexity index is 742. The molecule has 4 rings (SSSR count). The highest BCUT2D eigenvalue weighted by Gasteiger charge is 2.62. The van der Waals surface area contributed by atoms with Crippen LogP contribution in [0, 0.1) is 51.8 Å². The molecule has 4 aliphatic carbocycles. The van der Waals surface area contributed by atoms with Crippen LogP contribution in [0.25, 0.3) is 0 Å². The van der Waals surface area contributed by atoms with Gasteiger partial charge in [-0.3, -0.25) is 0 Å². The summed E-state index contributed by atoms with van der Waals surface area (Å²) in [6.07, 6.45) is 5.78. The lowest BCUT2D eigenvalue weighted by Gasteiger charge is -2.61. The normalized spacial score (nSPS) is 48.2. The number of aliphatic hydroxyl groups is 4. The maximum Gasteiger partial charge on any atom is 0.101 e. The maximum atomic E-state index is 11.2. The third-order valence-electron chi connectivity index (χ3n) is 11.6. The lowest BCUT2D eigenvalue weighted by Crippen LogP contribution is -2.57. The molecule has 0 spiro atoms. The van der Waals surface area contributed by atoms with E-state index in [4.69, 9.17) is 0 Å². The van der Waals surface area contributed by atoms with E-state index in [-0.39, 0.29) is 22.2 Å². The van der Waals surface area contributed by atoms with E-state index in [9.17, 15) is 20.4 Å². The molecule has 4 nitrogen and oxygen atoms in total. The van der Waals surface area contributed by atoms with E-state index >= 15 is 0 Å². The first-order chi connectivity index (χ1) is 15.2. The topological polar surface area (TPSA) is 80.9 Å². The molecule has 0 saturated heterocycles. The average Bonchev–Trinajstić information content (AvgIpc) is 3.09. The van der Waals surface area contributed by atoms with E-state index in [1.54, 1.807) is 0 Å². The van der Waals surface area contributed by atoms with Crippen molar-refractivity contribution >= 4 is 0 Å². The summed E-state index contributed by atoms with van der Waals surface area (Å²) in [5.41, 5.74) is 0.814. The molecule has 0 unspecified atom stereocenters. The van der Waals surface area contributed by atoms with Gasteiger partial charge in [-0.15, -0.1) is 0 Å². The van der Waals surface area contributed by atoms with Gasteiger partial charge in [-0.1, -0.05) is 48.1 Å². The monoisotopic (exact) mass is 462 g/mol. The first kappa shape index (κ1) is 25.7. The Labute approximate surface area is 201 Å². The maximum absolute atomic E-state index is 11.2. The van der Waals surface area contributed by atoms with E-state index in [0.717, 1.165) is 31.3 Å². The first-order valence-electron chi connectivity index (χ1n) is 13.6. The van der Waals surface area contributed by atoms with Crippen LogP contribution in [-0.2, 0) is 0 Å². The molecule has 0 aromatic rings. The predicted molar refractivity (Wildman–Crippen MR) is 132 cm³/mol. The van der Waals surface area contributed by atoms with Crippen LogP contribution in [0.1, 0.15) is 92.9 Å². The fourth-order valence-corrected chi connectivity index (χ4v) is 9.35. The van der Waals surface area contributed by atoms with E-state index < -0.39 is 24.4 Å². The van der Waals surface area contributed by atoms with Gasteiger partial charge in [0.1, 0.15) is 6.10 Å². The molecular formula is C29H50O4. The minimum Gasteiger partial charge on any atom is -0.390 e. The Balaban J connectivity index is 1.52. The van der Waals surface area contributed by atoms with E-state index in [1.165, 1.54) is 25.7 Å². The molecule has 4 saturated carbocycles. The third-order valence-corrected chi connectivity index (χ3v) is 11.6. The van der Waals surface area contributed by atoms with Gasteiger partial charge in [0.05, 0.1) is 18.3 Å². The van der Waals surface area contributed by atoms with Crippen molar-refractivity contribution in [2.45, 2.75) is 117 Å². The Hall–Kier alpha value is -0.420. The predicted octanol–water partition coefficient (Wildman–Crippen LogP) is 4.94. The van der Waals surface area contributed by atoms with Crippen molar-refractivity contribution in [1.82, 2.24) is 0 Å². The standard InChI is InChI=1S/C29H50O4/c1-16(25(32)26(33)17(2)27(3,4)5)20-10-11-21-19-9-8-18-14-23(30)24(31)15-29(18,7)22(19)12-13-28(20,21)6/h16,18-26,30-33H,2,8-15H2,1,3-7H3/t16-,18+,19+,20-,21+,22+,23-,24+,25+,26+,28+,29+/m0/s1. The number of rotatable bonds is 4. The molecule has 0 radical (unpaired) electrons. The van der Waals surface area contributed by atoms with Crippen LogP contribution >= 0.6 is 0 Å². The number of fused-ring (bicyclic) bond motifs is 5. The van der Waals surface area contributed by atoms with Crippen LogP contribution in [0.15, 0.2) is 12.2 Å². The highest BCUT2D eigenvalue weighted by Crippen LogP contribution is 2.68. The summed E-state index contributed by atoms with van der Waals surface area (Å²) >= 11 is 0. The Morgan fingerprint density at radius 3 is 2.18 bits per heavy atom. The molecule has 0 amide bonds. The molecule has 4 N–H and O–H groups in total. The van der Waals surface area contributed by atoms with Gasteiger partial charge >= 0.3 is 0 Å². The summed E-state index contributed by atoms with van der Waals surface area (Å²) in [6, 6.07) is 0. The SMILES string of the molecule is C=C([C@@H](O)[C@H](O)[C@@H](C)[C@@H]1CC[C@@H]2[C@H]3CC[C@@H]4C[C@H](O)[C@H](O)C[C@@]4(C)[C@@H]3CC[C@@]21C)C(C)(C)C. The van der Waals surface area contributed by atoms with Crippen molar-refractivity contribution < 1.29 is 20.4 Å². The van der Waals surface area contributed by atoms with Crippen LogP contribution in [0.5, 0.6) is 0 Å². The molecule has 4 heteroatoms. The largest absolute Gasteiger partial charge is 0.390 e. The smallest absolute Gasteiger partial charge is 0.101 e. The molecule has 4 fully saturated rings. The quantitative estimate of drug-likeness (QED) is 0.446. The van der Waals surface area contributed by atoms with E-state index in [0.29, 0.717) is 29.6 Å². The summed E-state index contributed by atoms with van der Waals surface area (Å²) in [7, 11) is 0. The Morgan fingerprint density at radius 1 is 0.909 bits per heavy atom. The zero-order valence-corrected chi connectivity index (χ0v) is 21.9. The lowest BCUT2D eigenvalue weighted by molar-refractivity contribution is -0.162. The van der Waals surface area contributed by atoms with Gasteiger partial charge in [-0.25, -0.2) is 0 Å². The summed E-state index contributed by atoms with van der Waals surface area (Å²) in [5.74, 6) is 2.92. The lowest BCUT2D eigenvalue weighted by atomic mass is 9.44. The number of hydrogen-bond donors (Lipinski definition) is 4. The average molecular weight is 463 g/mol. The van der Waals surface area contributed by atoms with E-state index in [1.807, 2.05) is 20.8 Å². The van der Waals surface area contributed by atoms with Crippen LogP contribution in [0.3, 0.4) is 0 Å². The molecule has 0 heterocycles. The third kappa shape index (κ3) is 4.05. The highest BCUT2D eigenvalue weighted by atomic mass is 16.3. The van der Waals surface area contributed by atoms with Crippen molar-refractivity contribution in [3.8, 4) is 0 Å². The van der Waals surface area contributed by atoms with Crippen molar-refractivity contribution in [3.05, 3.63) is 12.2 Å². The van der Waals surface area contributed by atoms with Gasteiger partial charge in [0, 0.05) is 0 Å². The second kappa shape index (κ2) is 8.61. The highest BCUT2D eigenvalue weighted by molar-refractivity contribution is 5.15. The van der Waals surface area contributed by atoms with E-state index in [2.05, 4.69) is 27.4 Å². The van der Waals surface area contributed by atoms with Crippen molar-refractivity contribution in [2.24, 2.45) is 51.8 Å². The molecule has 0 aromatic carbocycles. The summed E-state index contributed by atoms with van der Waals surface area (Å²) in [5, 5.41) is 43.0. The molecule has 190 valence electrons. The number of aliphatic hydroxyl groups excluding tert-OH is 4. The molecule has 0 aromatic heterocycles. The summed E-state index contributed by atoms with van der Waals surface area (Å²) < 4.78 is 0. The van der Waals surface area contributed by atoms with Gasteiger partial charge in [0.15, 0.2) is 0 Å². The minimum absolute atomic E-state index is 0.0317. The van der Waals surface area contributed by atoms with Gasteiger partial charge in [0.25, 0.3) is 0 Å². The number of hydrogen-bond acceptors (Lipinski definition) is 4.